The molecule has 0 saturated carbocycles. The van der Waals surface area contributed by atoms with E-state index in [4.69, 9.17) is 4.74 Å². The third-order valence-electron chi connectivity index (χ3n) is 4.91. The molecule has 1 N–H and O–H groups in total. The van der Waals surface area contributed by atoms with Crippen LogP contribution >= 0.6 is 0 Å². The number of benzene rings is 1. The molecule has 104 valence electrons. The van der Waals surface area contributed by atoms with Gasteiger partial charge in [0.15, 0.2) is 0 Å². The van der Waals surface area contributed by atoms with E-state index < -0.39 is 0 Å². The summed E-state index contributed by atoms with van der Waals surface area (Å²) in [7, 11) is 0. The summed E-state index contributed by atoms with van der Waals surface area (Å²) in [5, 5.41) is 3.84. The number of nitrogens with one attached hydrogen (secondary N) is 1. The molecule has 0 aromatic heterocycles. The summed E-state index contributed by atoms with van der Waals surface area (Å²) in [6.45, 7) is 7.81. The van der Waals surface area contributed by atoms with E-state index in [1.807, 2.05) is 0 Å². The van der Waals surface area contributed by atoms with Gasteiger partial charge in [-0.3, -0.25) is 0 Å². The quantitative estimate of drug-likeness (QED) is 0.876. The van der Waals surface area contributed by atoms with Crippen molar-refractivity contribution in [1.29, 1.82) is 0 Å². The Balaban J connectivity index is 1.84. The first-order valence-electron chi connectivity index (χ1n) is 7.55. The largest absolute Gasteiger partial charge is 0.377 e. The van der Waals surface area contributed by atoms with Crippen molar-refractivity contribution in [1.82, 2.24) is 5.32 Å². The molecule has 3 rings (SSSR count). The molecular formula is C17H25NO. The van der Waals surface area contributed by atoms with Gasteiger partial charge in [-0.15, -0.1) is 0 Å². The number of hydrogen-bond donors (Lipinski definition) is 1. The van der Waals surface area contributed by atoms with Crippen molar-refractivity contribution in [3.8, 4) is 0 Å². The highest BCUT2D eigenvalue weighted by atomic mass is 16.5. The zero-order valence-corrected chi connectivity index (χ0v) is 12.3. The van der Waals surface area contributed by atoms with E-state index in [9.17, 15) is 0 Å². The molecule has 1 aromatic carbocycles. The normalized spacial score (nSPS) is 33.1. The first-order chi connectivity index (χ1) is 9.08. The van der Waals surface area contributed by atoms with Crippen LogP contribution in [0.3, 0.4) is 0 Å². The molecule has 19 heavy (non-hydrogen) atoms. The fourth-order valence-electron chi connectivity index (χ4n) is 3.59. The van der Waals surface area contributed by atoms with Crippen LogP contribution in [-0.2, 0) is 10.2 Å². The van der Waals surface area contributed by atoms with Crippen molar-refractivity contribution in [3.05, 3.63) is 35.4 Å². The first kappa shape index (κ1) is 13.1. The molecule has 2 aliphatic rings. The smallest absolute Gasteiger partial charge is 0.0700 e. The minimum absolute atomic E-state index is 0.312. The summed E-state index contributed by atoms with van der Waals surface area (Å²) in [4.78, 5) is 0. The fourth-order valence-corrected chi connectivity index (χ4v) is 3.59. The lowest BCUT2D eigenvalue weighted by Crippen LogP contribution is -2.41. The van der Waals surface area contributed by atoms with Gasteiger partial charge < -0.3 is 10.1 Å². The van der Waals surface area contributed by atoms with Crippen LogP contribution in [0.15, 0.2) is 24.3 Å². The van der Waals surface area contributed by atoms with Gasteiger partial charge in [0.2, 0.25) is 0 Å². The zero-order valence-electron chi connectivity index (χ0n) is 12.3. The average Bonchev–Trinajstić information content (AvgIpc) is 2.79. The second-order valence-electron chi connectivity index (χ2n) is 6.70. The summed E-state index contributed by atoms with van der Waals surface area (Å²) in [5.41, 5.74) is 3.33. The molecule has 0 radical (unpaired) electrons. The van der Waals surface area contributed by atoms with Gasteiger partial charge in [0.25, 0.3) is 0 Å². The van der Waals surface area contributed by atoms with E-state index in [0.717, 1.165) is 13.0 Å². The van der Waals surface area contributed by atoms with Gasteiger partial charge in [-0.1, -0.05) is 38.1 Å². The molecule has 0 amide bonds. The zero-order chi connectivity index (χ0) is 13.5. The van der Waals surface area contributed by atoms with Crippen LogP contribution < -0.4 is 5.32 Å². The Bertz CT molecular complexity index is 454. The lowest BCUT2D eigenvalue weighted by molar-refractivity contribution is 0.109. The van der Waals surface area contributed by atoms with Crippen LogP contribution in [-0.4, -0.2) is 18.8 Å². The third-order valence-corrected chi connectivity index (χ3v) is 4.91. The van der Waals surface area contributed by atoms with Crippen molar-refractivity contribution in [2.24, 2.45) is 0 Å². The molecule has 1 aromatic rings. The molecule has 1 heterocycles. The Morgan fingerprint density at radius 1 is 1.21 bits per heavy atom. The van der Waals surface area contributed by atoms with Gasteiger partial charge in [0.05, 0.1) is 6.10 Å². The molecule has 1 fully saturated rings. The number of rotatable bonds is 2. The Morgan fingerprint density at radius 3 is 2.74 bits per heavy atom. The summed E-state index contributed by atoms with van der Waals surface area (Å²) in [5.74, 6) is 0. The first-order valence-corrected chi connectivity index (χ1v) is 7.55. The van der Waals surface area contributed by atoms with Crippen molar-refractivity contribution in [2.45, 2.75) is 63.6 Å². The summed E-state index contributed by atoms with van der Waals surface area (Å²) >= 11 is 0. The maximum Gasteiger partial charge on any atom is 0.0700 e. The monoisotopic (exact) mass is 259 g/mol. The minimum Gasteiger partial charge on any atom is -0.377 e. The van der Waals surface area contributed by atoms with E-state index >= 15 is 0 Å². The second-order valence-corrected chi connectivity index (χ2v) is 6.70. The van der Waals surface area contributed by atoms with E-state index in [1.54, 1.807) is 0 Å². The highest BCUT2D eigenvalue weighted by Crippen LogP contribution is 2.41. The summed E-state index contributed by atoms with van der Waals surface area (Å²) < 4.78 is 5.67. The lowest BCUT2D eigenvalue weighted by Gasteiger charge is -2.38. The predicted molar refractivity (Wildman–Crippen MR) is 78.4 cm³/mol. The van der Waals surface area contributed by atoms with Gasteiger partial charge in [-0.2, -0.15) is 0 Å². The molecular weight excluding hydrogens is 234 g/mol. The fraction of sp³-hybridized carbons (Fsp3) is 0.647. The maximum absolute atomic E-state index is 5.67. The molecule has 1 saturated heterocycles. The highest BCUT2D eigenvalue weighted by molar-refractivity contribution is 5.38. The van der Waals surface area contributed by atoms with E-state index in [1.165, 1.54) is 24.0 Å². The van der Waals surface area contributed by atoms with Gasteiger partial charge >= 0.3 is 0 Å². The van der Waals surface area contributed by atoms with E-state index in [2.05, 4.69) is 50.4 Å². The highest BCUT2D eigenvalue weighted by Gasteiger charge is 2.34. The van der Waals surface area contributed by atoms with Gasteiger partial charge in [-0.05, 0) is 42.7 Å². The standard InChI is InChI=1S/C17H25NO/c1-12-15(9-11-19-12)18-16-8-10-17(2,3)14-7-5-4-6-13(14)16/h4-7,12,15-16,18H,8-11H2,1-3H3. The Hall–Kier alpha value is -0.860. The topological polar surface area (TPSA) is 21.3 Å². The van der Waals surface area contributed by atoms with Crippen molar-refractivity contribution >= 4 is 0 Å². The Morgan fingerprint density at radius 2 is 2.00 bits per heavy atom. The van der Waals surface area contributed by atoms with Crippen molar-refractivity contribution in [3.63, 3.8) is 0 Å². The van der Waals surface area contributed by atoms with Crippen LogP contribution in [0.5, 0.6) is 0 Å². The third kappa shape index (κ3) is 2.44. The van der Waals surface area contributed by atoms with Crippen LogP contribution in [0, 0.1) is 0 Å². The van der Waals surface area contributed by atoms with Crippen LogP contribution in [0.2, 0.25) is 0 Å². The molecule has 3 atom stereocenters. The molecule has 0 bridgehead atoms. The van der Waals surface area contributed by atoms with Crippen LogP contribution in [0.4, 0.5) is 0 Å². The maximum atomic E-state index is 5.67. The van der Waals surface area contributed by atoms with Crippen LogP contribution in [0.25, 0.3) is 0 Å². The predicted octanol–water partition coefficient (Wildman–Crippen LogP) is 3.57. The molecule has 0 spiro atoms. The average molecular weight is 259 g/mol. The molecule has 2 nitrogen and oxygen atoms in total. The van der Waals surface area contributed by atoms with Crippen molar-refractivity contribution in [2.75, 3.05) is 6.61 Å². The molecule has 3 unspecified atom stereocenters. The van der Waals surface area contributed by atoms with E-state index in [-0.39, 0.29) is 0 Å². The Labute approximate surface area is 116 Å². The summed E-state index contributed by atoms with van der Waals surface area (Å²) in [6.07, 6.45) is 3.97. The van der Waals surface area contributed by atoms with Crippen LogP contribution in [0.1, 0.15) is 57.2 Å². The Kier molecular flexibility index (Phi) is 3.40. The molecule has 2 heteroatoms. The van der Waals surface area contributed by atoms with Gasteiger partial charge in [0, 0.05) is 18.7 Å². The number of ether oxygens (including phenoxy) is 1. The number of hydrogen-bond acceptors (Lipinski definition) is 2. The van der Waals surface area contributed by atoms with Crippen molar-refractivity contribution < 1.29 is 4.74 Å². The lowest BCUT2D eigenvalue weighted by atomic mass is 9.71. The molecule has 1 aliphatic carbocycles. The second kappa shape index (κ2) is 4.92. The molecule has 1 aliphatic heterocycles. The van der Waals surface area contributed by atoms with E-state index in [0.29, 0.717) is 23.6 Å². The summed E-state index contributed by atoms with van der Waals surface area (Å²) in [6, 6.07) is 9.96. The van der Waals surface area contributed by atoms with Gasteiger partial charge in [0.1, 0.15) is 0 Å². The minimum atomic E-state index is 0.312. The number of fused-ring (bicyclic) bond motifs is 1. The van der Waals surface area contributed by atoms with Gasteiger partial charge in [-0.25, -0.2) is 0 Å². The SMILES string of the molecule is CC1OCCC1NC1CCC(C)(C)c2ccccc21.